The summed E-state index contributed by atoms with van der Waals surface area (Å²) in [5.74, 6) is 0. The van der Waals surface area contributed by atoms with Crippen LogP contribution in [-0.2, 0) is 0 Å². The maximum atomic E-state index is 11.4. The Hall–Kier alpha value is -1.43. The molecule has 1 N–H and O–H groups in total. The Morgan fingerprint density at radius 3 is 3.23 bits per heavy atom. The fraction of sp³-hybridized carbons (Fsp3) is 0.143. The molecule has 0 spiro atoms. The van der Waals surface area contributed by atoms with Gasteiger partial charge in [-0.15, -0.1) is 0 Å². The van der Waals surface area contributed by atoms with Gasteiger partial charge in [0.2, 0.25) is 0 Å². The van der Waals surface area contributed by atoms with E-state index in [1.165, 1.54) is 11.8 Å². The van der Waals surface area contributed by atoms with Crippen LogP contribution in [0.5, 0.6) is 0 Å². The second-order valence-electron chi connectivity index (χ2n) is 2.20. The Balaban J connectivity index is 2.91. The van der Waals surface area contributed by atoms with Gasteiger partial charge in [0.1, 0.15) is 6.89 Å². The van der Waals surface area contributed by atoms with Gasteiger partial charge in [0.25, 0.3) is 5.56 Å². The van der Waals surface area contributed by atoms with Gasteiger partial charge in [0, 0.05) is 0 Å². The van der Waals surface area contributed by atoms with Crippen LogP contribution in [-0.4, -0.2) is 26.2 Å². The Kier molecular flexibility index (Phi) is 1.47. The van der Waals surface area contributed by atoms with Crippen molar-refractivity contribution in [3.8, 4) is 0 Å². The van der Waals surface area contributed by atoms with Gasteiger partial charge in [-0.2, -0.15) is 0 Å². The van der Waals surface area contributed by atoms with E-state index in [0.29, 0.717) is 5.16 Å². The molecule has 0 saturated carbocycles. The monoisotopic (exact) mass is 196 g/mol. The van der Waals surface area contributed by atoms with Gasteiger partial charge in [-0.25, -0.2) is 15.0 Å². The van der Waals surface area contributed by atoms with Crippen molar-refractivity contribution in [2.24, 2.45) is 0 Å². The summed E-state index contributed by atoms with van der Waals surface area (Å²) < 4.78 is 14.7. The Morgan fingerprint density at radius 1 is 1.62 bits per heavy atom. The number of rotatable bonds is 1. The molecule has 0 fully saturated rings. The van der Waals surface area contributed by atoms with E-state index in [2.05, 4.69) is 19.9 Å². The van der Waals surface area contributed by atoms with E-state index in [9.17, 15) is 4.79 Å². The van der Waals surface area contributed by atoms with E-state index < -0.39 is 5.56 Å². The molecule has 0 aliphatic carbocycles. The smallest absolute Gasteiger partial charge is 0.277 e. The zero-order valence-corrected chi connectivity index (χ0v) is 7.47. The predicted molar refractivity (Wildman–Crippen MR) is 49.7 cm³/mol. The molecule has 2 heterocycles. The van der Waals surface area contributed by atoms with Crippen LogP contribution >= 0.6 is 11.8 Å². The Bertz CT molecular complexity index is 585. The van der Waals surface area contributed by atoms with Crippen molar-refractivity contribution >= 4 is 22.8 Å². The van der Waals surface area contributed by atoms with Gasteiger partial charge in [-0.05, 0) is 6.26 Å². The molecule has 0 atom stereocenters. The first-order chi connectivity index (χ1) is 7.11. The average molecular weight is 196 g/mol. The molecule has 5 nitrogen and oxygen atoms in total. The standard InChI is InChI=1S/C7H6N4OS/c1-13-7-8-2-4-5(11-7)6(12)10-3-9-4/h2-3H,1H3,(H,9,10,12)/i2D,3D. The van der Waals surface area contributed by atoms with Gasteiger partial charge >= 0.3 is 0 Å². The Morgan fingerprint density at radius 2 is 2.46 bits per heavy atom. The molecule has 2 aromatic rings. The van der Waals surface area contributed by atoms with Crippen molar-refractivity contribution in [3.05, 3.63) is 22.8 Å². The van der Waals surface area contributed by atoms with Crippen LogP contribution in [0.2, 0.25) is 0 Å². The largest absolute Gasteiger partial charge is 0.311 e. The number of thioether (sulfide) groups is 1. The molecule has 0 radical (unpaired) electrons. The number of aromatic amines is 1. The highest BCUT2D eigenvalue weighted by Gasteiger charge is 2.02. The number of hydrogen-bond acceptors (Lipinski definition) is 5. The molecule has 0 aromatic carbocycles. The lowest BCUT2D eigenvalue weighted by Crippen LogP contribution is -2.08. The quantitative estimate of drug-likeness (QED) is 0.529. The number of nitrogens with zero attached hydrogens (tertiary/aromatic N) is 3. The third-order valence-electron chi connectivity index (χ3n) is 1.42. The molecular weight excluding hydrogens is 188 g/mol. The molecule has 13 heavy (non-hydrogen) atoms. The first-order valence-corrected chi connectivity index (χ1v) is 4.63. The number of aromatic nitrogens is 4. The maximum absolute atomic E-state index is 11.4. The lowest BCUT2D eigenvalue weighted by molar-refractivity contribution is 0.983. The van der Waals surface area contributed by atoms with Gasteiger partial charge in [-0.3, -0.25) is 4.79 Å². The molecule has 66 valence electrons. The second-order valence-corrected chi connectivity index (χ2v) is 2.97. The highest BCUT2D eigenvalue weighted by Crippen LogP contribution is 2.09. The van der Waals surface area contributed by atoms with Crippen LogP contribution in [0.25, 0.3) is 11.0 Å². The van der Waals surface area contributed by atoms with Crippen molar-refractivity contribution in [1.29, 1.82) is 0 Å². The van der Waals surface area contributed by atoms with Crippen LogP contribution in [0.4, 0.5) is 0 Å². The van der Waals surface area contributed by atoms with Crippen LogP contribution < -0.4 is 5.56 Å². The van der Waals surface area contributed by atoms with Crippen molar-refractivity contribution < 1.29 is 2.74 Å². The topological polar surface area (TPSA) is 71.5 Å². The van der Waals surface area contributed by atoms with Crippen molar-refractivity contribution in [3.63, 3.8) is 0 Å². The molecule has 0 aliphatic heterocycles. The predicted octanol–water partition coefficient (Wildman–Crippen LogP) is 0.435. The average Bonchev–Trinajstić information content (AvgIpc) is 2.19. The number of hydrogen-bond donors (Lipinski definition) is 1. The molecule has 0 amide bonds. The summed E-state index contributed by atoms with van der Waals surface area (Å²) in [6, 6.07) is 0. The molecule has 6 heteroatoms. The fourth-order valence-corrected chi connectivity index (χ4v) is 1.17. The molecular formula is C7H6N4OS. The van der Waals surface area contributed by atoms with Crippen molar-refractivity contribution in [1.82, 2.24) is 19.9 Å². The van der Waals surface area contributed by atoms with Gasteiger partial charge in [0.05, 0.1) is 13.8 Å². The van der Waals surface area contributed by atoms with E-state index in [1.807, 2.05) is 0 Å². The van der Waals surface area contributed by atoms with Crippen molar-refractivity contribution in [2.75, 3.05) is 6.26 Å². The van der Waals surface area contributed by atoms with Crippen molar-refractivity contribution in [2.45, 2.75) is 5.16 Å². The molecule has 0 saturated heterocycles. The van der Waals surface area contributed by atoms with Crippen LogP contribution in [0.3, 0.4) is 0 Å². The van der Waals surface area contributed by atoms with E-state index in [4.69, 9.17) is 2.74 Å². The summed E-state index contributed by atoms with van der Waals surface area (Å²) in [6.07, 6.45) is 1.33. The minimum absolute atomic E-state index is 0.0513. The SMILES string of the molecule is [2H]c1nc2c([2H])nc(SC)nc2c(=O)[nH]1. The van der Waals surface area contributed by atoms with Gasteiger partial charge < -0.3 is 4.98 Å². The third-order valence-corrected chi connectivity index (χ3v) is 1.97. The molecule has 0 bridgehead atoms. The minimum atomic E-state index is -0.517. The third kappa shape index (κ3) is 1.40. The summed E-state index contributed by atoms with van der Waals surface area (Å²) in [6.45, 7) is 0. The summed E-state index contributed by atoms with van der Waals surface area (Å²) >= 11 is 1.24. The summed E-state index contributed by atoms with van der Waals surface area (Å²) in [5.41, 5.74) is -0.409. The van der Waals surface area contributed by atoms with E-state index in [1.54, 1.807) is 6.26 Å². The zero-order valence-electron chi connectivity index (χ0n) is 8.66. The van der Waals surface area contributed by atoms with E-state index >= 15 is 0 Å². The molecule has 2 rings (SSSR count). The second kappa shape index (κ2) is 3.14. The number of H-pyrrole nitrogens is 1. The van der Waals surface area contributed by atoms with Gasteiger partial charge in [0.15, 0.2) is 10.7 Å². The lowest BCUT2D eigenvalue weighted by Gasteiger charge is -1.95. The molecule has 0 aliphatic rings. The summed E-state index contributed by atoms with van der Waals surface area (Å²) in [4.78, 5) is 25.1. The molecule has 0 unspecified atom stereocenters. The van der Waals surface area contributed by atoms with E-state index in [0.717, 1.165) is 0 Å². The molecule has 2 aromatic heterocycles. The van der Waals surface area contributed by atoms with Gasteiger partial charge in [-0.1, -0.05) is 11.8 Å². The normalized spacial score (nSPS) is 12.7. The summed E-state index contributed by atoms with van der Waals surface area (Å²) in [7, 11) is 0. The Labute approximate surface area is 80.5 Å². The highest BCUT2D eigenvalue weighted by molar-refractivity contribution is 7.98. The van der Waals surface area contributed by atoms with Crippen LogP contribution in [0, 0.1) is 0 Å². The number of nitrogens with one attached hydrogen (secondary N) is 1. The fourth-order valence-electron chi connectivity index (χ4n) is 0.849. The maximum Gasteiger partial charge on any atom is 0.277 e. The first-order valence-electron chi connectivity index (χ1n) is 4.41. The van der Waals surface area contributed by atoms with Crippen LogP contribution in [0.1, 0.15) is 2.74 Å². The minimum Gasteiger partial charge on any atom is -0.311 e. The van der Waals surface area contributed by atoms with E-state index in [-0.39, 0.29) is 23.5 Å². The number of fused-ring (bicyclic) bond motifs is 1. The summed E-state index contributed by atoms with van der Waals surface area (Å²) in [5, 5.41) is 0.345. The lowest BCUT2D eigenvalue weighted by atomic mass is 10.4. The first kappa shape index (κ1) is 6.09. The van der Waals surface area contributed by atoms with Crippen LogP contribution in [0.15, 0.2) is 22.4 Å². The highest BCUT2D eigenvalue weighted by atomic mass is 32.2. The zero-order chi connectivity index (χ0) is 11.0.